The highest BCUT2D eigenvalue weighted by atomic mass is 35.5. The number of hydrogen-bond donors (Lipinski definition) is 1. The van der Waals surface area contributed by atoms with Crippen molar-refractivity contribution < 1.29 is 5.11 Å². The summed E-state index contributed by atoms with van der Waals surface area (Å²) in [6.07, 6.45) is 0.673. The van der Waals surface area contributed by atoms with Crippen molar-refractivity contribution in [2.45, 2.75) is 25.9 Å². The van der Waals surface area contributed by atoms with Crippen molar-refractivity contribution in [3.8, 4) is 6.07 Å². The zero-order chi connectivity index (χ0) is 12.1. The van der Waals surface area contributed by atoms with Crippen molar-refractivity contribution in [1.82, 2.24) is 0 Å². The average molecular weight is 258 g/mol. The third kappa shape index (κ3) is 3.38. The summed E-state index contributed by atoms with van der Waals surface area (Å²) in [6, 6.07) is 6.98. The van der Waals surface area contributed by atoms with Crippen molar-refractivity contribution in [1.29, 1.82) is 5.26 Å². The molecule has 16 heavy (non-hydrogen) atoms. The lowest BCUT2D eigenvalue weighted by Gasteiger charge is -2.16. The van der Waals surface area contributed by atoms with E-state index < -0.39 is 12.0 Å². The molecule has 0 aliphatic carbocycles. The van der Waals surface area contributed by atoms with Gasteiger partial charge in [-0.15, -0.1) is 0 Å². The van der Waals surface area contributed by atoms with Gasteiger partial charge in [0.1, 0.15) is 0 Å². The first-order chi connectivity index (χ1) is 7.58. The van der Waals surface area contributed by atoms with Crippen LogP contribution in [0.25, 0.3) is 0 Å². The molecule has 1 aromatic carbocycles. The molecule has 1 N–H and O–H groups in total. The van der Waals surface area contributed by atoms with E-state index in [0.717, 1.165) is 6.42 Å². The molecule has 2 nitrogen and oxygen atoms in total. The number of aliphatic hydroxyl groups is 1. The number of rotatable bonds is 4. The third-order valence-electron chi connectivity index (χ3n) is 2.37. The number of halogens is 2. The lowest BCUT2D eigenvalue weighted by atomic mass is 9.93. The molecule has 0 aromatic heterocycles. The number of nitrogens with zero attached hydrogens (tertiary/aromatic N) is 1. The monoisotopic (exact) mass is 257 g/mol. The highest BCUT2D eigenvalue weighted by Crippen LogP contribution is 2.29. The van der Waals surface area contributed by atoms with Crippen LogP contribution in [0, 0.1) is 17.2 Å². The zero-order valence-electron chi connectivity index (χ0n) is 8.95. The van der Waals surface area contributed by atoms with Crippen LogP contribution in [0.1, 0.15) is 31.4 Å². The predicted octanol–water partition coefficient (Wildman–Crippen LogP) is 3.97. The van der Waals surface area contributed by atoms with E-state index in [0.29, 0.717) is 22.0 Å². The SMILES string of the molecule is CCCC(C#N)C(O)c1cc(Cl)cc(Cl)c1. The highest BCUT2D eigenvalue weighted by Gasteiger charge is 2.20. The van der Waals surface area contributed by atoms with Crippen LogP contribution in [-0.2, 0) is 0 Å². The van der Waals surface area contributed by atoms with Crippen LogP contribution in [0.2, 0.25) is 10.0 Å². The van der Waals surface area contributed by atoms with Gasteiger partial charge in [0.25, 0.3) is 0 Å². The Morgan fingerprint density at radius 3 is 2.31 bits per heavy atom. The smallest absolute Gasteiger partial charge is 0.0949 e. The standard InChI is InChI=1S/C12H13Cl2NO/c1-2-3-8(7-15)12(16)9-4-10(13)6-11(14)5-9/h4-6,8,12,16H,2-3H2,1H3. The van der Waals surface area contributed by atoms with Crippen molar-refractivity contribution in [2.24, 2.45) is 5.92 Å². The van der Waals surface area contributed by atoms with Crippen LogP contribution in [0.15, 0.2) is 18.2 Å². The quantitative estimate of drug-likeness (QED) is 0.888. The van der Waals surface area contributed by atoms with E-state index in [1.807, 2.05) is 6.92 Å². The van der Waals surface area contributed by atoms with Crippen molar-refractivity contribution >= 4 is 23.2 Å². The second-order valence-electron chi connectivity index (χ2n) is 3.67. The average Bonchev–Trinajstić information content (AvgIpc) is 2.23. The summed E-state index contributed by atoms with van der Waals surface area (Å²) in [6.45, 7) is 1.97. The zero-order valence-corrected chi connectivity index (χ0v) is 10.5. The van der Waals surface area contributed by atoms with Crippen LogP contribution >= 0.6 is 23.2 Å². The van der Waals surface area contributed by atoms with E-state index in [2.05, 4.69) is 6.07 Å². The Morgan fingerprint density at radius 1 is 1.31 bits per heavy atom. The van der Waals surface area contributed by atoms with E-state index in [-0.39, 0.29) is 0 Å². The second kappa shape index (κ2) is 6.10. The Labute approximate surface area is 105 Å². The van der Waals surface area contributed by atoms with E-state index in [1.165, 1.54) is 0 Å². The van der Waals surface area contributed by atoms with Gasteiger partial charge >= 0.3 is 0 Å². The fraction of sp³-hybridized carbons (Fsp3) is 0.417. The van der Waals surface area contributed by atoms with Gasteiger partial charge in [-0.25, -0.2) is 0 Å². The Bertz CT molecular complexity index is 380. The molecule has 1 rings (SSSR count). The summed E-state index contributed by atoms with van der Waals surface area (Å²) in [5, 5.41) is 19.9. The van der Waals surface area contributed by atoms with Gasteiger partial charge in [-0.2, -0.15) is 5.26 Å². The fourth-order valence-electron chi connectivity index (χ4n) is 1.58. The van der Waals surface area contributed by atoms with Crippen molar-refractivity contribution in [2.75, 3.05) is 0 Å². The molecule has 4 heteroatoms. The van der Waals surface area contributed by atoms with Crippen LogP contribution in [0.4, 0.5) is 0 Å². The minimum atomic E-state index is -0.832. The first kappa shape index (κ1) is 13.3. The molecule has 86 valence electrons. The Kier molecular flexibility index (Phi) is 5.08. The van der Waals surface area contributed by atoms with Gasteiger partial charge in [0.05, 0.1) is 18.1 Å². The van der Waals surface area contributed by atoms with E-state index in [4.69, 9.17) is 28.5 Å². The maximum absolute atomic E-state index is 10.0. The fourth-order valence-corrected chi connectivity index (χ4v) is 2.13. The predicted molar refractivity (Wildman–Crippen MR) is 65.4 cm³/mol. The number of nitriles is 1. The van der Waals surface area contributed by atoms with Gasteiger partial charge < -0.3 is 5.11 Å². The largest absolute Gasteiger partial charge is 0.387 e. The summed E-state index contributed by atoms with van der Waals surface area (Å²) in [7, 11) is 0. The van der Waals surface area contributed by atoms with Crippen molar-refractivity contribution in [3.05, 3.63) is 33.8 Å². The molecule has 0 amide bonds. The van der Waals surface area contributed by atoms with E-state index >= 15 is 0 Å². The van der Waals surface area contributed by atoms with Gasteiger partial charge in [-0.05, 0) is 30.2 Å². The maximum Gasteiger partial charge on any atom is 0.0949 e. The Balaban J connectivity index is 2.94. The number of aliphatic hydroxyl groups excluding tert-OH is 1. The number of benzene rings is 1. The highest BCUT2D eigenvalue weighted by molar-refractivity contribution is 6.34. The third-order valence-corrected chi connectivity index (χ3v) is 2.81. The normalized spacial score (nSPS) is 14.2. The topological polar surface area (TPSA) is 44.0 Å². The lowest BCUT2D eigenvalue weighted by Crippen LogP contribution is -2.10. The lowest BCUT2D eigenvalue weighted by molar-refractivity contribution is 0.130. The summed E-state index contributed by atoms with van der Waals surface area (Å²) >= 11 is 11.7. The van der Waals surface area contributed by atoms with Gasteiger partial charge in [-0.3, -0.25) is 0 Å². The van der Waals surface area contributed by atoms with Crippen LogP contribution in [0.3, 0.4) is 0 Å². The van der Waals surface area contributed by atoms with Gasteiger partial charge in [-0.1, -0.05) is 36.5 Å². The van der Waals surface area contributed by atoms with Gasteiger partial charge in [0.2, 0.25) is 0 Å². The molecule has 0 bridgehead atoms. The molecule has 2 atom stereocenters. The molecule has 0 saturated heterocycles. The minimum absolute atomic E-state index is 0.417. The van der Waals surface area contributed by atoms with Crippen LogP contribution < -0.4 is 0 Å². The maximum atomic E-state index is 10.0. The van der Waals surface area contributed by atoms with Gasteiger partial charge in [0, 0.05) is 10.0 Å². The molecular formula is C12H13Cl2NO. The van der Waals surface area contributed by atoms with E-state index in [9.17, 15) is 5.11 Å². The summed E-state index contributed by atoms with van der Waals surface area (Å²) in [5.41, 5.74) is 0.595. The molecular weight excluding hydrogens is 245 g/mol. The number of hydrogen-bond acceptors (Lipinski definition) is 2. The Morgan fingerprint density at radius 2 is 1.88 bits per heavy atom. The summed E-state index contributed by atoms with van der Waals surface area (Å²) in [4.78, 5) is 0. The van der Waals surface area contributed by atoms with Gasteiger partial charge in [0.15, 0.2) is 0 Å². The first-order valence-corrected chi connectivity index (χ1v) is 5.87. The molecule has 0 radical (unpaired) electrons. The molecule has 2 unspecified atom stereocenters. The Hall–Kier alpha value is -0.750. The molecule has 0 saturated carbocycles. The minimum Gasteiger partial charge on any atom is -0.387 e. The summed E-state index contributed by atoms with van der Waals surface area (Å²) in [5.74, 6) is -0.417. The first-order valence-electron chi connectivity index (χ1n) is 5.12. The van der Waals surface area contributed by atoms with Crippen LogP contribution in [-0.4, -0.2) is 5.11 Å². The second-order valence-corrected chi connectivity index (χ2v) is 4.54. The molecule has 0 aliphatic heterocycles. The van der Waals surface area contributed by atoms with Crippen LogP contribution in [0.5, 0.6) is 0 Å². The summed E-state index contributed by atoms with van der Waals surface area (Å²) < 4.78 is 0. The molecule has 1 aromatic rings. The molecule has 0 aliphatic rings. The molecule has 0 heterocycles. The molecule has 0 spiro atoms. The molecule has 0 fully saturated rings. The van der Waals surface area contributed by atoms with E-state index in [1.54, 1.807) is 18.2 Å². The van der Waals surface area contributed by atoms with Crippen molar-refractivity contribution in [3.63, 3.8) is 0 Å².